The number of rotatable bonds is 7. The summed E-state index contributed by atoms with van der Waals surface area (Å²) in [6.07, 6.45) is 6.63. The Hall–Kier alpha value is -1.40. The average Bonchev–Trinajstić information content (AvgIpc) is 3.32. The summed E-state index contributed by atoms with van der Waals surface area (Å²) in [5, 5.41) is 10.1. The molecule has 1 atom stereocenters. The van der Waals surface area contributed by atoms with Gasteiger partial charge in [0.2, 0.25) is 5.91 Å². The lowest BCUT2D eigenvalue weighted by molar-refractivity contribution is -0.116. The Labute approximate surface area is 147 Å². The van der Waals surface area contributed by atoms with Gasteiger partial charge >= 0.3 is 0 Å². The van der Waals surface area contributed by atoms with Gasteiger partial charge in [0.1, 0.15) is 5.00 Å². The van der Waals surface area contributed by atoms with Crippen LogP contribution in [0.2, 0.25) is 0 Å². The van der Waals surface area contributed by atoms with E-state index >= 15 is 0 Å². The van der Waals surface area contributed by atoms with Gasteiger partial charge in [0, 0.05) is 23.9 Å². The number of carbonyl (C=O) groups excluding carboxylic acids is 2. The monoisotopic (exact) mass is 349 g/mol. The molecular weight excluding hydrogens is 322 g/mol. The molecule has 132 valence electrons. The van der Waals surface area contributed by atoms with Crippen molar-refractivity contribution in [2.24, 2.45) is 5.92 Å². The molecule has 2 amide bonds. The Balaban J connectivity index is 1.84. The molecule has 3 N–H and O–H groups in total. The summed E-state index contributed by atoms with van der Waals surface area (Å²) in [4.78, 5) is 26.1. The Kier molecular flexibility index (Phi) is 5.56. The van der Waals surface area contributed by atoms with Gasteiger partial charge in [-0.15, -0.1) is 11.3 Å². The van der Waals surface area contributed by atoms with Gasteiger partial charge in [-0.2, -0.15) is 0 Å². The normalized spacial score (nSPS) is 19.7. The molecule has 1 heterocycles. The molecule has 1 saturated carbocycles. The molecule has 2 aliphatic rings. The first-order valence-electron chi connectivity index (χ1n) is 9.02. The number of amides is 2. The third-order valence-electron chi connectivity index (χ3n) is 4.87. The second-order valence-corrected chi connectivity index (χ2v) is 7.99. The van der Waals surface area contributed by atoms with Gasteiger partial charge in [-0.25, -0.2) is 0 Å². The quantitative estimate of drug-likeness (QED) is 0.709. The lowest BCUT2D eigenvalue weighted by Gasteiger charge is -2.22. The van der Waals surface area contributed by atoms with Crippen molar-refractivity contribution in [3.8, 4) is 0 Å². The standard InChI is InChI=1S/C18H27N3O2S/c1-3-4-15(22)21-18-16(17(23)20-10-11-5-6-11)13-9-12(19-2)7-8-14(13)24-18/h11-12,19H,3-10H2,1-2H3,(H,20,23)(H,21,22). The van der Waals surface area contributed by atoms with Crippen molar-refractivity contribution in [1.82, 2.24) is 10.6 Å². The van der Waals surface area contributed by atoms with Crippen molar-refractivity contribution in [3.05, 3.63) is 16.0 Å². The van der Waals surface area contributed by atoms with Crippen LogP contribution in [-0.4, -0.2) is 31.4 Å². The van der Waals surface area contributed by atoms with E-state index in [1.807, 2.05) is 14.0 Å². The third-order valence-corrected chi connectivity index (χ3v) is 6.08. The SMILES string of the molecule is CCCC(=O)Nc1sc2c(c1C(=O)NCC1CC1)CC(NC)CC2. The zero-order chi connectivity index (χ0) is 17.1. The highest BCUT2D eigenvalue weighted by Gasteiger charge is 2.30. The minimum absolute atomic E-state index is 0.00231. The molecule has 5 nitrogen and oxygen atoms in total. The van der Waals surface area contributed by atoms with Crippen molar-refractivity contribution >= 4 is 28.2 Å². The van der Waals surface area contributed by atoms with Crippen molar-refractivity contribution in [2.75, 3.05) is 18.9 Å². The van der Waals surface area contributed by atoms with E-state index in [0.717, 1.165) is 42.8 Å². The molecule has 0 aromatic carbocycles. The third kappa shape index (κ3) is 3.98. The minimum atomic E-state index is -0.0250. The van der Waals surface area contributed by atoms with Crippen LogP contribution in [0, 0.1) is 5.92 Å². The van der Waals surface area contributed by atoms with Crippen LogP contribution in [0.25, 0.3) is 0 Å². The fraction of sp³-hybridized carbons (Fsp3) is 0.667. The van der Waals surface area contributed by atoms with E-state index in [1.54, 1.807) is 11.3 Å². The highest BCUT2D eigenvalue weighted by molar-refractivity contribution is 7.17. The smallest absolute Gasteiger partial charge is 0.254 e. The van der Waals surface area contributed by atoms with E-state index in [9.17, 15) is 9.59 Å². The van der Waals surface area contributed by atoms with E-state index < -0.39 is 0 Å². The number of anilines is 1. The number of fused-ring (bicyclic) bond motifs is 1. The molecule has 3 rings (SSSR count). The number of thiophene rings is 1. The molecule has 6 heteroatoms. The number of likely N-dealkylation sites (N-methyl/N-ethyl adjacent to an activating group) is 1. The summed E-state index contributed by atoms with van der Waals surface area (Å²) in [5.74, 6) is 0.618. The largest absolute Gasteiger partial charge is 0.352 e. The zero-order valence-electron chi connectivity index (χ0n) is 14.5. The fourth-order valence-electron chi connectivity index (χ4n) is 3.22. The number of hydrogen-bond acceptors (Lipinski definition) is 4. The lowest BCUT2D eigenvalue weighted by Crippen LogP contribution is -2.33. The lowest BCUT2D eigenvalue weighted by atomic mass is 9.91. The van der Waals surface area contributed by atoms with Gasteiger partial charge in [-0.1, -0.05) is 6.92 Å². The van der Waals surface area contributed by atoms with Crippen LogP contribution in [0.3, 0.4) is 0 Å². The number of nitrogens with one attached hydrogen (secondary N) is 3. The second-order valence-electron chi connectivity index (χ2n) is 6.89. The maximum atomic E-state index is 12.8. The van der Waals surface area contributed by atoms with Gasteiger partial charge in [-0.3, -0.25) is 9.59 Å². The fourth-order valence-corrected chi connectivity index (χ4v) is 4.48. The second kappa shape index (κ2) is 7.66. The van der Waals surface area contributed by atoms with E-state index in [-0.39, 0.29) is 11.8 Å². The van der Waals surface area contributed by atoms with E-state index in [1.165, 1.54) is 17.7 Å². The summed E-state index contributed by atoms with van der Waals surface area (Å²) in [7, 11) is 1.97. The predicted molar refractivity (Wildman–Crippen MR) is 97.8 cm³/mol. The van der Waals surface area contributed by atoms with Crippen LogP contribution >= 0.6 is 11.3 Å². The molecule has 0 radical (unpaired) electrons. The van der Waals surface area contributed by atoms with Crippen molar-refractivity contribution in [1.29, 1.82) is 0 Å². The number of hydrogen-bond donors (Lipinski definition) is 3. The molecule has 0 saturated heterocycles. The Morgan fingerprint density at radius 1 is 1.25 bits per heavy atom. The predicted octanol–water partition coefficient (Wildman–Crippen LogP) is 2.70. The van der Waals surface area contributed by atoms with Gasteiger partial charge in [0.05, 0.1) is 5.56 Å². The maximum absolute atomic E-state index is 12.8. The Morgan fingerprint density at radius 2 is 2.04 bits per heavy atom. The van der Waals surface area contributed by atoms with Crippen molar-refractivity contribution < 1.29 is 9.59 Å². The molecule has 0 bridgehead atoms. The van der Waals surface area contributed by atoms with Gasteiger partial charge < -0.3 is 16.0 Å². The van der Waals surface area contributed by atoms with E-state index in [0.29, 0.717) is 23.9 Å². The van der Waals surface area contributed by atoms with Crippen LogP contribution in [-0.2, 0) is 17.6 Å². The van der Waals surface area contributed by atoms with Gasteiger partial charge in [0.25, 0.3) is 5.91 Å². The van der Waals surface area contributed by atoms with Crippen molar-refractivity contribution in [3.63, 3.8) is 0 Å². The summed E-state index contributed by atoms with van der Waals surface area (Å²) in [5.41, 5.74) is 1.84. The molecule has 1 unspecified atom stereocenters. The number of aryl methyl sites for hydroxylation is 1. The zero-order valence-corrected chi connectivity index (χ0v) is 15.4. The van der Waals surface area contributed by atoms with Crippen LogP contribution in [0.5, 0.6) is 0 Å². The summed E-state index contributed by atoms with van der Waals surface area (Å²) in [6, 6.07) is 0.404. The summed E-state index contributed by atoms with van der Waals surface area (Å²) >= 11 is 1.59. The molecule has 2 aliphatic carbocycles. The van der Waals surface area contributed by atoms with Crippen LogP contribution < -0.4 is 16.0 Å². The van der Waals surface area contributed by atoms with Crippen LogP contribution in [0.1, 0.15) is 59.8 Å². The van der Waals surface area contributed by atoms with Crippen LogP contribution in [0.15, 0.2) is 0 Å². The van der Waals surface area contributed by atoms with Crippen molar-refractivity contribution in [2.45, 2.75) is 57.9 Å². The first-order valence-corrected chi connectivity index (χ1v) is 9.83. The maximum Gasteiger partial charge on any atom is 0.254 e. The Bertz CT molecular complexity index is 622. The van der Waals surface area contributed by atoms with E-state index in [2.05, 4.69) is 16.0 Å². The Morgan fingerprint density at radius 3 is 2.71 bits per heavy atom. The van der Waals surface area contributed by atoms with Crippen LogP contribution in [0.4, 0.5) is 5.00 Å². The highest BCUT2D eigenvalue weighted by Crippen LogP contribution is 2.38. The molecule has 24 heavy (non-hydrogen) atoms. The molecule has 1 fully saturated rings. The van der Waals surface area contributed by atoms with Gasteiger partial charge in [-0.05, 0) is 57.1 Å². The van der Waals surface area contributed by atoms with E-state index in [4.69, 9.17) is 0 Å². The molecule has 0 spiro atoms. The summed E-state index contributed by atoms with van der Waals surface area (Å²) in [6.45, 7) is 2.74. The molecule has 1 aromatic heterocycles. The molecule has 1 aromatic rings. The molecular formula is C18H27N3O2S. The average molecular weight is 350 g/mol. The molecule has 0 aliphatic heterocycles. The first kappa shape index (κ1) is 17.4. The number of carbonyl (C=O) groups is 2. The van der Waals surface area contributed by atoms with Gasteiger partial charge in [0.15, 0.2) is 0 Å². The summed E-state index contributed by atoms with van der Waals surface area (Å²) < 4.78 is 0. The topological polar surface area (TPSA) is 70.2 Å². The first-order chi connectivity index (χ1) is 11.6. The highest BCUT2D eigenvalue weighted by atomic mass is 32.1. The minimum Gasteiger partial charge on any atom is -0.352 e.